The first-order chi connectivity index (χ1) is 16.3. The zero-order valence-electron chi connectivity index (χ0n) is 20.0. The fourth-order valence-electron chi connectivity index (χ4n) is 4.58. The molecule has 1 aromatic carbocycles. The van der Waals surface area contributed by atoms with E-state index >= 15 is 0 Å². The van der Waals surface area contributed by atoms with Crippen LogP contribution in [0, 0.1) is 0 Å². The number of carbonyl (C=O) groups excluding carboxylic acids is 2. The van der Waals surface area contributed by atoms with Gasteiger partial charge in [0.05, 0.1) is 23.9 Å². The molecule has 0 N–H and O–H groups in total. The van der Waals surface area contributed by atoms with Crippen LogP contribution in [-0.4, -0.2) is 75.8 Å². The number of nitrogens with zero attached hydrogens (tertiary/aromatic N) is 7. The Balaban J connectivity index is 1.56. The zero-order chi connectivity index (χ0) is 24.0. The molecule has 1 fully saturated rings. The summed E-state index contributed by atoms with van der Waals surface area (Å²) in [6.45, 7) is 8.56. The molecule has 5 rings (SSSR count). The molecule has 176 valence electrons. The molecule has 0 unspecified atom stereocenters. The van der Waals surface area contributed by atoms with E-state index in [1.807, 2.05) is 66.1 Å². The molecule has 9 heteroatoms. The van der Waals surface area contributed by atoms with E-state index in [9.17, 15) is 9.59 Å². The third-order valence-electron chi connectivity index (χ3n) is 6.68. The highest BCUT2D eigenvalue weighted by Crippen LogP contribution is 2.35. The highest BCUT2D eigenvalue weighted by atomic mass is 16.2. The van der Waals surface area contributed by atoms with Crippen molar-refractivity contribution in [3.63, 3.8) is 0 Å². The van der Waals surface area contributed by atoms with E-state index in [0.29, 0.717) is 50.2 Å². The maximum atomic E-state index is 13.2. The third kappa shape index (κ3) is 3.81. The van der Waals surface area contributed by atoms with Crippen molar-refractivity contribution in [2.75, 3.05) is 43.0 Å². The Morgan fingerprint density at radius 1 is 1.09 bits per heavy atom. The molecule has 2 amide bonds. The van der Waals surface area contributed by atoms with Gasteiger partial charge in [-0.25, -0.2) is 4.98 Å². The van der Waals surface area contributed by atoms with Crippen molar-refractivity contribution in [2.24, 2.45) is 0 Å². The van der Waals surface area contributed by atoms with Crippen LogP contribution in [0.25, 0.3) is 10.9 Å². The number of anilines is 3. The Morgan fingerprint density at radius 3 is 2.53 bits per heavy atom. The Hall–Kier alpha value is -3.75. The molecule has 0 radical (unpaired) electrons. The predicted molar refractivity (Wildman–Crippen MR) is 131 cm³/mol. The summed E-state index contributed by atoms with van der Waals surface area (Å²) in [6, 6.07) is 10.1. The molecule has 0 saturated carbocycles. The number of pyridine rings is 1. The summed E-state index contributed by atoms with van der Waals surface area (Å²) in [5.41, 5.74) is 3.11. The average molecular weight is 460 g/mol. The molecule has 1 saturated heterocycles. The lowest BCUT2D eigenvalue weighted by Crippen LogP contribution is -2.48. The first-order valence-electron chi connectivity index (χ1n) is 11.6. The monoisotopic (exact) mass is 459 g/mol. The number of fused-ring (bicyclic) bond motifs is 2. The maximum Gasteiger partial charge on any atom is 0.273 e. The van der Waals surface area contributed by atoms with Gasteiger partial charge in [0.15, 0.2) is 0 Å². The Morgan fingerprint density at radius 2 is 1.82 bits per heavy atom. The first-order valence-corrected chi connectivity index (χ1v) is 11.6. The van der Waals surface area contributed by atoms with Gasteiger partial charge in [-0.05, 0) is 26.0 Å². The van der Waals surface area contributed by atoms with E-state index in [2.05, 4.69) is 16.0 Å². The molecule has 0 bridgehead atoms. The van der Waals surface area contributed by atoms with Crippen molar-refractivity contribution in [3.05, 3.63) is 47.8 Å². The van der Waals surface area contributed by atoms with Gasteiger partial charge in [-0.3, -0.25) is 14.6 Å². The number of hydrogen-bond acceptors (Lipinski definition) is 7. The van der Waals surface area contributed by atoms with E-state index in [1.54, 1.807) is 6.92 Å². The van der Waals surface area contributed by atoms with E-state index in [0.717, 1.165) is 22.2 Å². The highest BCUT2D eigenvalue weighted by molar-refractivity contribution is 5.99. The van der Waals surface area contributed by atoms with Gasteiger partial charge in [0.25, 0.3) is 5.91 Å². The van der Waals surface area contributed by atoms with Crippen LogP contribution in [0.4, 0.5) is 17.5 Å². The molecule has 34 heavy (non-hydrogen) atoms. The van der Waals surface area contributed by atoms with Crippen molar-refractivity contribution < 1.29 is 9.59 Å². The summed E-state index contributed by atoms with van der Waals surface area (Å²) in [5, 5.41) is 1.04. The van der Waals surface area contributed by atoms with Crippen molar-refractivity contribution in [3.8, 4) is 0 Å². The molecule has 0 spiro atoms. The van der Waals surface area contributed by atoms with E-state index in [-0.39, 0.29) is 17.9 Å². The van der Waals surface area contributed by atoms with Crippen LogP contribution in [0.15, 0.2) is 36.5 Å². The number of hydrogen-bond donors (Lipinski definition) is 0. The maximum absolute atomic E-state index is 13.2. The van der Waals surface area contributed by atoms with Crippen LogP contribution >= 0.6 is 0 Å². The summed E-state index contributed by atoms with van der Waals surface area (Å²) in [4.78, 5) is 47.0. The highest BCUT2D eigenvalue weighted by Gasteiger charge is 2.36. The molecule has 2 aromatic heterocycles. The topological polar surface area (TPSA) is 85.8 Å². The second kappa shape index (κ2) is 8.55. The first kappa shape index (κ1) is 22.1. The van der Waals surface area contributed by atoms with Gasteiger partial charge in [-0.15, -0.1) is 0 Å². The van der Waals surface area contributed by atoms with Gasteiger partial charge < -0.3 is 19.6 Å². The molecule has 0 atom stereocenters. The molecule has 9 nitrogen and oxygen atoms in total. The van der Waals surface area contributed by atoms with Gasteiger partial charge in [0, 0.05) is 57.1 Å². The van der Waals surface area contributed by atoms with E-state index < -0.39 is 0 Å². The lowest BCUT2D eigenvalue weighted by Gasteiger charge is -2.34. The molecular weight excluding hydrogens is 430 g/mol. The van der Waals surface area contributed by atoms with Crippen molar-refractivity contribution in [1.29, 1.82) is 0 Å². The van der Waals surface area contributed by atoms with E-state index in [1.165, 1.54) is 0 Å². The average Bonchev–Trinajstić information content (AvgIpc) is 3.19. The standard InChI is InChI=1S/C25H29N7O2/c1-16(2)32-15-20-22(24(32)34)27-25(31-11-9-30(10-12-31)17(3)33)28-23(20)29(4)19-13-18-7-5-6-8-21(18)26-14-19/h5-8,13-14,16H,9-12,15H2,1-4H3. The molecule has 2 aliphatic rings. The zero-order valence-corrected chi connectivity index (χ0v) is 20.0. The number of amides is 2. The van der Waals surface area contributed by atoms with Crippen molar-refractivity contribution in [2.45, 2.75) is 33.4 Å². The minimum absolute atomic E-state index is 0.0600. The van der Waals surface area contributed by atoms with E-state index in [4.69, 9.17) is 9.97 Å². The van der Waals surface area contributed by atoms with Gasteiger partial charge in [-0.2, -0.15) is 4.98 Å². The van der Waals surface area contributed by atoms with Crippen molar-refractivity contribution in [1.82, 2.24) is 24.8 Å². The van der Waals surface area contributed by atoms with Crippen LogP contribution in [0.5, 0.6) is 0 Å². The quantitative estimate of drug-likeness (QED) is 0.593. The number of rotatable bonds is 4. The largest absolute Gasteiger partial charge is 0.339 e. The Kier molecular flexibility index (Phi) is 5.55. The van der Waals surface area contributed by atoms with Gasteiger partial charge in [0.2, 0.25) is 11.9 Å². The number of carbonyl (C=O) groups is 2. The SMILES string of the molecule is CC(=O)N1CCN(c2nc3c(c(N(C)c4cnc5ccccc5c4)n2)CN(C(C)C)C3=O)CC1. The molecule has 4 heterocycles. The van der Waals surface area contributed by atoms with Gasteiger partial charge in [-0.1, -0.05) is 18.2 Å². The van der Waals surface area contributed by atoms with Crippen LogP contribution in [0.3, 0.4) is 0 Å². The number of para-hydroxylation sites is 1. The van der Waals surface area contributed by atoms with Gasteiger partial charge >= 0.3 is 0 Å². The fourth-order valence-corrected chi connectivity index (χ4v) is 4.58. The van der Waals surface area contributed by atoms with Crippen LogP contribution < -0.4 is 9.80 Å². The number of benzene rings is 1. The minimum atomic E-state index is -0.0673. The molecular formula is C25H29N7O2. The van der Waals surface area contributed by atoms with Crippen LogP contribution in [0.2, 0.25) is 0 Å². The van der Waals surface area contributed by atoms with Crippen molar-refractivity contribution >= 4 is 40.2 Å². The fraction of sp³-hybridized carbons (Fsp3) is 0.400. The normalized spacial score (nSPS) is 15.9. The second-order valence-corrected chi connectivity index (χ2v) is 9.14. The lowest BCUT2D eigenvalue weighted by atomic mass is 10.2. The number of aromatic nitrogens is 3. The summed E-state index contributed by atoms with van der Waals surface area (Å²) in [6.07, 6.45) is 1.83. The lowest BCUT2D eigenvalue weighted by molar-refractivity contribution is -0.129. The van der Waals surface area contributed by atoms with Crippen LogP contribution in [-0.2, 0) is 11.3 Å². The third-order valence-corrected chi connectivity index (χ3v) is 6.68. The molecule has 0 aliphatic carbocycles. The smallest absolute Gasteiger partial charge is 0.273 e. The Labute approximate surface area is 199 Å². The van der Waals surface area contributed by atoms with Crippen LogP contribution in [0.1, 0.15) is 36.8 Å². The second-order valence-electron chi connectivity index (χ2n) is 9.14. The summed E-state index contributed by atoms with van der Waals surface area (Å²) in [7, 11) is 1.95. The molecule has 2 aliphatic heterocycles. The van der Waals surface area contributed by atoms with Gasteiger partial charge in [0.1, 0.15) is 11.5 Å². The molecule has 3 aromatic rings. The summed E-state index contributed by atoms with van der Waals surface area (Å²) < 4.78 is 0. The Bertz CT molecular complexity index is 1270. The minimum Gasteiger partial charge on any atom is -0.339 e. The summed E-state index contributed by atoms with van der Waals surface area (Å²) in [5.74, 6) is 1.24. The predicted octanol–water partition coefficient (Wildman–Crippen LogP) is 2.83. The number of piperazine rings is 1. The summed E-state index contributed by atoms with van der Waals surface area (Å²) >= 11 is 0.